The lowest BCUT2D eigenvalue weighted by molar-refractivity contribution is -0.137. The maximum absolute atomic E-state index is 15.2. The summed E-state index contributed by atoms with van der Waals surface area (Å²) in [5, 5.41) is 0. The molecule has 220 valence electrons. The van der Waals surface area contributed by atoms with Crippen molar-refractivity contribution in [2.75, 3.05) is 18.6 Å². The monoisotopic (exact) mass is 600 g/mol. The Morgan fingerprint density at radius 3 is 2.44 bits per heavy atom. The van der Waals surface area contributed by atoms with Crippen LogP contribution in [-0.2, 0) is 25.8 Å². The second-order valence-electron chi connectivity index (χ2n) is 9.53. The van der Waals surface area contributed by atoms with Gasteiger partial charge in [-0.2, -0.15) is 21.6 Å². The van der Waals surface area contributed by atoms with Gasteiger partial charge in [-0.1, -0.05) is 22.7 Å². The summed E-state index contributed by atoms with van der Waals surface area (Å²) in [6.07, 6.45) is -1.95. The average Bonchev–Trinajstić information content (AvgIpc) is 2.93. The Morgan fingerprint density at radius 2 is 1.80 bits per heavy atom. The van der Waals surface area contributed by atoms with Gasteiger partial charge in [-0.05, 0) is 50.9 Å². The first kappa shape index (κ1) is 30.1. The van der Waals surface area contributed by atoms with Gasteiger partial charge < -0.3 is 14.5 Å². The zero-order valence-electron chi connectivity index (χ0n) is 21.8. The van der Waals surface area contributed by atoms with Gasteiger partial charge in [0, 0.05) is 30.4 Å². The molecule has 4 rings (SSSR count). The highest BCUT2D eigenvalue weighted by molar-refractivity contribution is 7.92. The molecule has 41 heavy (non-hydrogen) atoms. The molecule has 3 atom stereocenters. The van der Waals surface area contributed by atoms with E-state index in [9.17, 15) is 26.4 Å². The number of carbonyl (C=O) groups is 1. The first-order valence-corrected chi connectivity index (χ1v) is 13.7. The number of halogens is 5. The predicted octanol–water partition coefficient (Wildman–Crippen LogP) is 4.70. The summed E-state index contributed by atoms with van der Waals surface area (Å²) in [5.74, 6) is -3.80. The zero-order valence-corrected chi connectivity index (χ0v) is 22.6. The number of likely N-dealkylation sites (N-methyl/N-ethyl adjacent to an activating group) is 1. The van der Waals surface area contributed by atoms with E-state index in [0.717, 1.165) is 30.7 Å². The predicted molar refractivity (Wildman–Crippen MR) is 135 cm³/mol. The average molecular weight is 601 g/mol. The van der Waals surface area contributed by atoms with Crippen LogP contribution in [0.15, 0.2) is 59.9 Å². The van der Waals surface area contributed by atoms with Crippen molar-refractivity contribution in [1.82, 2.24) is 14.9 Å². The number of nitrogens with zero attached hydrogens (tertiary/aromatic N) is 4. The standard InChI is InChI=1S/C26H25F5N4O5S/c1-34(2)21-11-17(16-4-3-5-18(10-16)26(29,30)31)6-7-22(21)40-23-12-20(28)24(13-19(23)27)41(37,38)35(39-15-36)25-8-9-32-14-33-25/h3-5,8-10,12-15,17,21-22H,6-7,11H2,1-2H3/t17-,21-,22-/m0/s1. The summed E-state index contributed by atoms with van der Waals surface area (Å²) in [6, 6.07) is 6.76. The van der Waals surface area contributed by atoms with Gasteiger partial charge in [-0.3, -0.25) is 4.79 Å². The molecular weight excluding hydrogens is 575 g/mol. The molecule has 1 aromatic heterocycles. The molecule has 15 heteroatoms. The van der Waals surface area contributed by atoms with Crippen molar-refractivity contribution in [2.24, 2.45) is 0 Å². The van der Waals surface area contributed by atoms with Gasteiger partial charge in [-0.15, -0.1) is 0 Å². The van der Waals surface area contributed by atoms with Gasteiger partial charge in [-0.25, -0.2) is 18.7 Å². The lowest BCUT2D eigenvalue weighted by Gasteiger charge is -2.40. The Kier molecular flexibility index (Phi) is 8.77. The van der Waals surface area contributed by atoms with Crippen molar-refractivity contribution in [1.29, 1.82) is 0 Å². The zero-order chi connectivity index (χ0) is 29.9. The summed E-state index contributed by atoms with van der Waals surface area (Å²) >= 11 is 0. The minimum atomic E-state index is -4.96. The number of rotatable bonds is 9. The molecule has 1 heterocycles. The first-order chi connectivity index (χ1) is 19.3. The van der Waals surface area contributed by atoms with E-state index >= 15 is 8.78 Å². The summed E-state index contributed by atoms with van der Waals surface area (Å²) in [6.45, 7) is -0.220. The van der Waals surface area contributed by atoms with E-state index in [1.165, 1.54) is 6.07 Å². The van der Waals surface area contributed by atoms with Crippen LogP contribution >= 0.6 is 0 Å². The SMILES string of the molecule is CN(C)[C@H]1C[C@@H](c2cccc(C(F)(F)F)c2)CC[C@@H]1Oc1cc(F)c(S(=O)(=O)N(OC=O)c2ccncn2)cc1F. The van der Waals surface area contributed by atoms with E-state index in [1.54, 1.807) is 25.1 Å². The molecule has 9 nitrogen and oxygen atoms in total. The third-order valence-corrected chi connectivity index (χ3v) is 8.34. The molecule has 1 saturated carbocycles. The second-order valence-corrected chi connectivity index (χ2v) is 11.3. The second kappa shape index (κ2) is 11.9. The van der Waals surface area contributed by atoms with Crippen molar-refractivity contribution >= 4 is 22.3 Å². The van der Waals surface area contributed by atoms with Gasteiger partial charge in [0.25, 0.3) is 10.0 Å². The molecule has 0 N–H and O–H groups in total. The van der Waals surface area contributed by atoms with E-state index in [0.29, 0.717) is 37.0 Å². The molecule has 3 aromatic rings. The topological polar surface area (TPSA) is 102 Å². The van der Waals surface area contributed by atoms with Crippen LogP contribution in [0.1, 0.15) is 36.3 Å². The van der Waals surface area contributed by atoms with Crippen molar-refractivity contribution in [3.05, 3.63) is 77.8 Å². The van der Waals surface area contributed by atoms with E-state index < -0.39 is 56.0 Å². The van der Waals surface area contributed by atoms with Crippen molar-refractivity contribution in [3.63, 3.8) is 0 Å². The molecule has 0 aliphatic heterocycles. The molecule has 0 radical (unpaired) electrons. The normalized spacial score (nSPS) is 19.6. The van der Waals surface area contributed by atoms with E-state index in [2.05, 4.69) is 14.8 Å². The molecular formula is C26H25F5N4O5S. The Balaban J connectivity index is 1.57. The Morgan fingerprint density at radius 1 is 1.05 bits per heavy atom. The Hall–Kier alpha value is -3.85. The fraction of sp³-hybridized carbons (Fsp3) is 0.346. The van der Waals surface area contributed by atoms with Crippen molar-refractivity contribution < 1.29 is 44.7 Å². The molecule has 1 fully saturated rings. The van der Waals surface area contributed by atoms with E-state index in [4.69, 9.17) is 4.74 Å². The van der Waals surface area contributed by atoms with E-state index in [1.807, 2.05) is 0 Å². The van der Waals surface area contributed by atoms with Crippen LogP contribution in [0.3, 0.4) is 0 Å². The smallest absolute Gasteiger partial charge is 0.416 e. The molecule has 0 saturated heterocycles. The molecule has 0 unspecified atom stereocenters. The van der Waals surface area contributed by atoms with Gasteiger partial charge in [0.15, 0.2) is 17.4 Å². The summed E-state index contributed by atoms with van der Waals surface area (Å²) in [7, 11) is -1.50. The summed E-state index contributed by atoms with van der Waals surface area (Å²) in [4.78, 5) is 23.4. The third kappa shape index (κ3) is 6.56. The minimum absolute atomic E-state index is 0.0250. The number of hydrogen-bond donors (Lipinski definition) is 0. The van der Waals surface area contributed by atoms with Gasteiger partial charge >= 0.3 is 12.6 Å². The Labute approximate surface area is 232 Å². The number of hydrogen-bond acceptors (Lipinski definition) is 8. The van der Waals surface area contributed by atoms with Gasteiger partial charge in [0.2, 0.25) is 0 Å². The lowest BCUT2D eigenvalue weighted by atomic mass is 9.79. The number of alkyl halides is 3. The van der Waals surface area contributed by atoms with E-state index in [-0.39, 0.29) is 22.9 Å². The van der Waals surface area contributed by atoms with Crippen LogP contribution in [-0.4, -0.2) is 56.0 Å². The highest BCUT2D eigenvalue weighted by Crippen LogP contribution is 2.39. The van der Waals surface area contributed by atoms with Crippen LogP contribution < -0.4 is 9.21 Å². The van der Waals surface area contributed by atoms with Crippen LogP contribution in [0.2, 0.25) is 0 Å². The minimum Gasteiger partial charge on any atom is -0.486 e. The first-order valence-electron chi connectivity index (χ1n) is 12.2. The number of aromatic nitrogens is 2. The number of ether oxygens (including phenoxy) is 1. The third-order valence-electron chi connectivity index (χ3n) is 6.76. The number of benzene rings is 2. The fourth-order valence-electron chi connectivity index (χ4n) is 4.79. The maximum Gasteiger partial charge on any atom is 0.416 e. The van der Waals surface area contributed by atoms with Crippen LogP contribution in [0.25, 0.3) is 0 Å². The fourth-order valence-corrected chi connectivity index (χ4v) is 6.03. The molecule has 1 aliphatic carbocycles. The van der Waals surface area contributed by atoms with Gasteiger partial charge in [0.05, 0.1) is 5.56 Å². The number of sulfonamides is 1. The molecule has 0 amide bonds. The van der Waals surface area contributed by atoms with Crippen LogP contribution in [0.4, 0.5) is 27.8 Å². The number of carbonyl (C=O) groups excluding carboxylic acids is 1. The van der Waals surface area contributed by atoms with Crippen LogP contribution in [0, 0.1) is 11.6 Å². The molecule has 0 spiro atoms. The Bertz CT molecular complexity index is 1490. The number of anilines is 1. The van der Waals surface area contributed by atoms with Crippen molar-refractivity contribution in [2.45, 2.75) is 48.4 Å². The molecule has 0 bridgehead atoms. The molecule has 1 aliphatic rings. The molecule has 2 aromatic carbocycles. The summed E-state index contributed by atoms with van der Waals surface area (Å²) in [5.41, 5.74) is -0.234. The van der Waals surface area contributed by atoms with Gasteiger partial charge in [0.1, 0.15) is 23.1 Å². The highest BCUT2D eigenvalue weighted by atomic mass is 32.2. The summed E-state index contributed by atoms with van der Waals surface area (Å²) < 4.78 is 102. The van der Waals surface area contributed by atoms with Crippen LogP contribution in [0.5, 0.6) is 5.75 Å². The lowest BCUT2D eigenvalue weighted by Crippen LogP contribution is -2.46. The largest absolute Gasteiger partial charge is 0.486 e. The maximum atomic E-state index is 15.2. The quantitative estimate of drug-likeness (QED) is 0.198. The van der Waals surface area contributed by atoms with Crippen molar-refractivity contribution in [3.8, 4) is 5.75 Å². The highest BCUT2D eigenvalue weighted by Gasteiger charge is 2.37.